The smallest absolute Gasteiger partial charge is 0.303 e. The maximum atomic E-state index is 13.9. The maximum Gasteiger partial charge on any atom is 0.309 e. The highest BCUT2D eigenvalue weighted by Crippen LogP contribution is 2.28. The molecular formula is C10H15FN4O2. The van der Waals surface area contributed by atoms with Crippen molar-refractivity contribution in [3.63, 3.8) is 0 Å². The Morgan fingerprint density at radius 1 is 1.65 bits per heavy atom. The van der Waals surface area contributed by atoms with Gasteiger partial charge in [0.05, 0.1) is 11.0 Å². The summed E-state index contributed by atoms with van der Waals surface area (Å²) in [6.45, 7) is 2.73. The third kappa shape index (κ3) is 2.14. The van der Waals surface area contributed by atoms with E-state index in [0.29, 0.717) is 18.7 Å². The fraction of sp³-hybridized carbons (Fsp3) is 0.700. The first-order valence-electron chi connectivity index (χ1n) is 5.52. The van der Waals surface area contributed by atoms with E-state index in [1.165, 1.54) is 10.9 Å². The van der Waals surface area contributed by atoms with Gasteiger partial charge in [0.1, 0.15) is 18.1 Å². The number of hydrogen-bond acceptors (Lipinski definition) is 4. The van der Waals surface area contributed by atoms with E-state index in [-0.39, 0.29) is 11.7 Å². The van der Waals surface area contributed by atoms with Gasteiger partial charge < -0.3 is 4.90 Å². The molecule has 0 amide bonds. The van der Waals surface area contributed by atoms with Crippen LogP contribution in [0.5, 0.6) is 0 Å². The van der Waals surface area contributed by atoms with Gasteiger partial charge in [-0.1, -0.05) is 0 Å². The van der Waals surface area contributed by atoms with E-state index in [4.69, 9.17) is 0 Å². The van der Waals surface area contributed by atoms with Crippen LogP contribution < -0.4 is 0 Å². The van der Waals surface area contributed by atoms with Gasteiger partial charge in [0, 0.05) is 13.1 Å². The number of hydrogen-bond donors (Lipinski definition) is 0. The number of likely N-dealkylation sites (tertiary alicyclic amines) is 1. The molecule has 0 aromatic carbocycles. The molecule has 17 heavy (non-hydrogen) atoms. The van der Waals surface area contributed by atoms with Crippen molar-refractivity contribution < 1.29 is 9.31 Å². The Labute approximate surface area is 98.2 Å². The second kappa shape index (κ2) is 4.40. The summed E-state index contributed by atoms with van der Waals surface area (Å²) < 4.78 is 15.4. The van der Waals surface area contributed by atoms with E-state index in [0.717, 1.165) is 6.54 Å². The van der Waals surface area contributed by atoms with Crippen LogP contribution in [0, 0.1) is 17.0 Å². The van der Waals surface area contributed by atoms with E-state index < -0.39 is 11.1 Å². The van der Waals surface area contributed by atoms with Crippen molar-refractivity contribution in [1.82, 2.24) is 14.7 Å². The van der Waals surface area contributed by atoms with Crippen LogP contribution >= 0.6 is 0 Å². The third-order valence-corrected chi connectivity index (χ3v) is 3.24. The summed E-state index contributed by atoms with van der Waals surface area (Å²) in [5.74, 6) is 0. The van der Waals surface area contributed by atoms with E-state index in [1.54, 1.807) is 6.92 Å². The molecule has 0 saturated carbocycles. The van der Waals surface area contributed by atoms with E-state index in [1.807, 2.05) is 11.9 Å². The standard InChI is InChI=1S/C10H15FN4O2/c1-7-10(15(16)17)5-12-14(7)9-3-4-13(2)6-8(9)11/h5,8-9H,3-4,6H2,1-2H3. The highest BCUT2D eigenvalue weighted by Gasteiger charge is 2.32. The van der Waals surface area contributed by atoms with Crippen molar-refractivity contribution in [2.75, 3.05) is 20.1 Å². The molecule has 0 radical (unpaired) electrons. The molecule has 7 heteroatoms. The second-order valence-electron chi connectivity index (χ2n) is 4.45. The number of halogens is 1. The van der Waals surface area contributed by atoms with E-state index in [9.17, 15) is 14.5 Å². The average Bonchev–Trinajstić information content (AvgIpc) is 2.60. The Bertz CT molecular complexity index is 434. The number of aromatic nitrogens is 2. The van der Waals surface area contributed by atoms with Gasteiger partial charge >= 0.3 is 5.69 Å². The Balaban J connectivity index is 2.25. The predicted octanol–water partition coefficient (Wildman–Crippen LogP) is 1.31. The topological polar surface area (TPSA) is 64.2 Å². The van der Waals surface area contributed by atoms with Gasteiger partial charge in [-0.3, -0.25) is 14.8 Å². The first-order chi connectivity index (χ1) is 8.00. The van der Waals surface area contributed by atoms with Crippen LogP contribution in [0.1, 0.15) is 18.2 Å². The molecule has 0 aliphatic carbocycles. The lowest BCUT2D eigenvalue weighted by Gasteiger charge is -2.32. The summed E-state index contributed by atoms with van der Waals surface area (Å²) in [4.78, 5) is 12.1. The predicted molar refractivity (Wildman–Crippen MR) is 59.7 cm³/mol. The first kappa shape index (κ1) is 12.0. The van der Waals surface area contributed by atoms with Crippen molar-refractivity contribution in [2.45, 2.75) is 25.6 Å². The van der Waals surface area contributed by atoms with Crippen molar-refractivity contribution in [3.05, 3.63) is 22.0 Å². The number of alkyl halides is 1. The SMILES string of the molecule is Cc1c([N+](=O)[O-])cnn1C1CCN(C)CC1F. The van der Waals surface area contributed by atoms with Crippen LogP contribution in [0.25, 0.3) is 0 Å². The molecule has 0 bridgehead atoms. The van der Waals surface area contributed by atoms with Gasteiger partial charge in [0.15, 0.2) is 0 Å². The van der Waals surface area contributed by atoms with E-state index >= 15 is 0 Å². The summed E-state index contributed by atoms with van der Waals surface area (Å²) >= 11 is 0. The molecule has 1 aliphatic rings. The molecular weight excluding hydrogens is 227 g/mol. The largest absolute Gasteiger partial charge is 0.309 e. The molecule has 2 heterocycles. The van der Waals surface area contributed by atoms with Gasteiger partial charge in [-0.05, 0) is 20.4 Å². The Kier molecular flexibility index (Phi) is 3.10. The lowest BCUT2D eigenvalue weighted by atomic mass is 10.0. The minimum absolute atomic E-state index is 0.0453. The zero-order valence-electron chi connectivity index (χ0n) is 9.84. The average molecular weight is 242 g/mol. The van der Waals surface area contributed by atoms with Crippen LogP contribution in [0.2, 0.25) is 0 Å². The van der Waals surface area contributed by atoms with Crippen LogP contribution in [0.3, 0.4) is 0 Å². The van der Waals surface area contributed by atoms with Crippen LogP contribution in [0.4, 0.5) is 10.1 Å². The number of rotatable bonds is 2. The van der Waals surface area contributed by atoms with Crippen molar-refractivity contribution in [1.29, 1.82) is 0 Å². The highest BCUT2D eigenvalue weighted by molar-refractivity contribution is 5.32. The quantitative estimate of drug-likeness (QED) is 0.579. The molecule has 1 saturated heterocycles. The number of nitrogens with zero attached hydrogens (tertiary/aromatic N) is 4. The Hall–Kier alpha value is -1.50. The summed E-state index contributed by atoms with van der Waals surface area (Å²) in [6.07, 6.45) is 0.782. The molecule has 94 valence electrons. The summed E-state index contributed by atoms with van der Waals surface area (Å²) in [5.41, 5.74) is 0.378. The number of nitro groups is 1. The maximum absolute atomic E-state index is 13.9. The van der Waals surface area contributed by atoms with Gasteiger partial charge in [-0.25, -0.2) is 4.39 Å². The fourth-order valence-electron chi connectivity index (χ4n) is 2.25. The number of piperidine rings is 1. The Morgan fingerprint density at radius 3 is 2.88 bits per heavy atom. The van der Waals surface area contributed by atoms with Gasteiger partial charge in [0.2, 0.25) is 0 Å². The summed E-state index contributed by atoms with van der Waals surface area (Å²) in [7, 11) is 1.86. The minimum atomic E-state index is -1.04. The minimum Gasteiger partial charge on any atom is -0.303 e. The molecule has 1 aromatic heterocycles. The Morgan fingerprint density at radius 2 is 2.35 bits per heavy atom. The third-order valence-electron chi connectivity index (χ3n) is 3.24. The van der Waals surface area contributed by atoms with Crippen LogP contribution in [-0.4, -0.2) is 45.9 Å². The molecule has 1 aromatic rings. The second-order valence-corrected chi connectivity index (χ2v) is 4.45. The van der Waals surface area contributed by atoms with Gasteiger partial charge in [-0.2, -0.15) is 5.10 Å². The molecule has 1 aliphatic heterocycles. The molecule has 0 N–H and O–H groups in total. The van der Waals surface area contributed by atoms with Crippen LogP contribution in [0.15, 0.2) is 6.20 Å². The normalized spacial score (nSPS) is 26.1. The summed E-state index contributed by atoms with van der Waals surface area (Å²) in [6, 6.07) is -0.389. The molecule has 2 atom stereocenters. The lowest BCUT2D eigenvalue weighted by molar-refractivity contribution is -0.385. The zero-order chi connectivity index (χ0) is 12.6. The highest BCUT2D eigenvalue weighted by atomic mass is 19.1. The van der Waals surface area contributed by atoms with E-state index in [2.05, 4.69) is 5.10 Å². The molecule has 0 spiro atoms. The monoisotopic (exact) mass is 242 g/mol. The lowest BCUT2D eigenvalue weighted by Crippen LogP contribution is -2.41. The van der Waals surface area contributed by atoms with Crippen LogP contribution in [-0.2, 0) is 0 Å². The molecule has 2 unspecified atom stereocenters. The molecule has 1 fully saturated rings. The first-order valence-corrected chi connectivity index (χ1v) is 5.52. The summed E-state index contributed by atoms with van der Waals surface area (Å²) in [5, 5.41) is 14.7. The van der Waals surface area contributed by atoms with Crippen molar-refractivity contribution >= 4 is 5.69 Å². The van der Waals surface area contributed by atoms with Crippen molar-refractivity contribution in [3.8, 4) is 0 Å². The molecule has 6 nitrogen and oxygen atoms in total. The van der Waals surface area contributed by atoms with Gasteiger partial charge in [0.25, 0.3) is 0 Å². The molecule has 2 rings (SSSR count). The zero-order valence-corrected chi connectivity index (χ0v) is 9.84. The van der Waals surface area contributed by atoms with Gasteiger partial charge in [-0.15, -0.1) is 0 Å². The van der Waals surface area contributed by atoms with Crippen molar-refractivity contribution in [2.24, 2.45) is 0 Å². The fourth-order valence-corrected chi connectivity index (χ4v) is 2.25.